The lowest BCUT2D eigenvalue weighted by Gasteiger charge is -2.19. The van der Waals surface area contributed by atoms with E-state index >= 15 is 0 Å². The molecule has 1 aliphatic heterocycles. The summed E-state index contributed by atoms with van der Waals surface area (Å²) in [5, 5.41) is 25.7. The van der Waals surface area contributed by atoms with Crippen LogP contribution in [0.25, 0.3) is 0 Å². The molecule has 1 aliphatic rings. The van der Waals surface area contributed by atoms with E-state index in [1.54, 1.807) is 0 Å². The fourth-order valence-electron chi connectivity index (χ4n) is 2.24. The van der Waals surface area contributed by atoms with E-state index in [2.05, 4.69) is 10.2 Å². The van der Waals surface area contributed by atoms with Gasteiger partial charge in [0.15, 0.2) is 0 Å². The van der Waals surface area contributed by atoms with Crippen molar-refractivity contribution >= 4 is 11.9 Å². The molecular formula is C11H16N4O4. The number of hydrogen-bond acceptors (Lipinski definition) is 5. The van der Waals surface area contributed by atoms with Gasteiger partial charge in [-0.2, -0.15) is 0 Å². The number of aryl methyl sites for hydroxylation is 1. The number of hydrogen-bond donors (Lipinski definition) is 2. The summed E-state index contributed by atoms with van der Waals surface area (Å²) in [7, 11) is 0. The molecule has 1 aromatic heterocycles. The zero-order chi connectivity index (χ0) is 13.8. The van der Waals surface area contributed by atoms with E-state index in [0.29, 0.717) is 5.82 Å². The summed E-state index contributed by atoms with van der Waals surface area (Å²) < 4.78 is 1.96. The smallest absolute Gasteiger partial charge is 0.317 e. The van der Waals surface area contributed by atoms with Gasteiger partial charge < -0.3 is 14.8 Å². The SMILES string of the molecule is O=C(O)CN(CC(=O)O)Cc1nnc2n1CCCC2. The Kier molecular flexibility index (Phi) is 4.10. The van der Waals surface area contributed by atoms with Crippen LogP contribution in [0, 0.1) is 0 Å². The van der Waals surface area contributed by atoms with Crippen LogP contribution in [0.2, 0.25) is 0 Å². The summed E-state index contributed by atoms with van der Waals surface area (Å²) >= 11 is 0. The highest BCUT2D eigenvalue weighted by atomic mass is 16.4. The predicted octanol–water partition coefficient (Wildman–Crippen LogP) is -0.414. The third kappa shape index (κ3) is 3.50. The van der Waals surface area contributed by atoms with Gasteiger partial charge in [0.1, 0.15) is 11.6 Å². The maximum atomic E-state index is 10.7. The van der Waals surface area contributed by atoms with Crippen molar-refractivity contribution in [2.45, 2.75) is 32.4 Å². The molecule has 8 nitrogen and oxygen atoms in total. The molecule has 0 bridgehead atoms. The molecule has 19 heavy (non-hydrogen) atoms. The summed E-state index contributed by atoms with van der Waals surface area (Å²) in [5.41, 5.74) is 0. The van der Waals surface area contributed by atoms with Crippen LogP contribution >= 0.6 is 0 Å². The molecule has 2 N–H and O–H groups in total. The molecule has 0 unspecified atom stereocenters. The van der Waals surface area contributed by atoms with Crippen LogP contribution in [0.5, 0.6) is 0 Å². The fourth-order valence-corrected chi connectivity index (χ4v) is 2.24. The quantitative estimate of drug-likeness (QED) is 0.721. The largest absolute Gasteiger partial charge is 0.480 e. The Balaban J connectivity index is 2.09. The monoisotopic (exact) mass is 268 g/mol. The summed E-state index contributed by atoms with van der Waals surface area (Å²) in [4.78, 5) is 22.8. The first-order valence-electron chi connectivity index (χ1n) is 6.13. The Morgan fingerprint density at radius 1 is 1.16 bits per heavy atom. The predicted molar refractivity (Wildman–Crippen MR) is 63.5 cm³/mol. The van der Waals surface area contributed by atoms with E-state index < -0.39 is 11.9 Å². The highest BCUT2D eigenvalue weighted by Crippen LogP contribution is 2.15. The van der Waals surface area contributed by atoms with E-state index in [4.69, 9.17) is 10.2 Å². The lowest BCUT2D eigenvalue weighted by Crippen LogP contribution is -2.35. The van der Waals surface area contributed by atoms with Crippen LogP contribution in [-0.2, 0) is 29.1 Å². The van der Waals surface area contributed by atoms with Gasteiger partial charge in [0.25, 0.3) is 0 Å². The standard InChI is InChI=1S/C11H16N4O4/c16-10(17)6-14(7-11(18)19)5-9-13-12-8-3-1-2-4-15(8)9/h1-7H2,(H,16,17)(H,18,19). The molecule has 0 saturated heterocycles. The maximum absolute atomic E-state index is 10.7. The second kappa shape index (κ2) is 5.79. The number of carboxylic acid groups (broad SMARTS) is 2. The topological polar surface area (TPSA) is 109 Å². The molecule has 2 rings (SSSR count). The first kappa shape index (κ1) is 13.5. The van der Waals surface area contributed by atoms with E-state index in [1.807, 2.05) is 4.57 Å². The second-order valence-corrected chi connectivity index (χ2v) is 4.57. The number of fused-ring (bicyclic) bond motifs is 1. The van der Waals surface area contributed by atoms with Crippen LogP contribution < -0.4 is 0 Å². The third-order valence-electron chi connectivity index (χ3n) is 3.02. The molecule has 8 heteroatoms. The minimum absolute atomic E-state index is 0.186. The Labute approximate surface area is 109 Å². The number of nitrogens with zero attached hydrogens (tertiary/aromatic N) is 4. The molecule has 0 aliphatic carbocycles. The lowest BCUT2D eigenvalue weighted by atomic mass is 10.1. The zero-order valence-corrected chi connectivity index (χ0v) is 10.4. The first-order valence-corrected chi connectivity index (χ1v) is 6.13. The Bertz CT molecular complexity index is 469. The van der Waals surface area contributed by atoms with Gasteiger partial charge in [-0.15, -0.1) is 10.2 Å². The van der Waals surface area contributed by atoms with Crippen LogP contribution in [-0.4, -0.2) is 54.9 Å². The molecular weight excluding hydrogens is 252 g/mol. The van der Waals surface area contributed by atoms with Crippen molar-refractivity contribution in [1.82, 2.24) is 19.7 Å². The molecule has 0 saturated carbocycles. The highest BCUT2D eigenvalue weighted by molar-refractivity contribution is 5.72. The minimum Gasteiger partial charge on any atom is -0.480 e. The van der Waals surface area contributed by atoms with Crippen molar-refractivity contribution < 1.29 is 19.8 Å². The Morgan fingerprint density at radius 3 is 2.47 bits per heavy atom. The minimum atomic E-state index is -1.06. The van der Waals surface area contributed by atoms with Crippen molar-refractivity contribution in [1.29, 1.82) is 0 Å². The average molecular weight is 268 g/mol. The summed E-state index contributed by atoms with van der Waals surface area (Å²) in [6, 6.07) is 0. The maximum Gasteiger partial charge on any atom is 0.317 e. The summed E-state index contributed by atoms with van der Waals surface area (Å²) in [6.45, 7) is 0.347. The molecule has 0 radical (unpaired) electrons. The van der Waals surface area contributed by atoms with Gasteiger partial charge in [0.05, 0.1) is 19.6 Å². The molecule has 0 fully saturated rings. The van der Waals surface area contributed by atoms with Crippen LogP contribution in [0.1, 0.15) is 24.5 Å². The Morgan fingerprint density at radius 2 is 1.84 bits per heavy atom. The number of aromatic nitrogens is 3. The van der Waals surface area contributed by atoms with Crippen LogP contribution in [0.4, 0.5) is 0 Å². The Hall–Kier alpha value is -1.96. The van der Waals surface area contributed by atoms with Crippen molar-refractivity contribution in [2.75, 3.05) is 13.1 Å². The summed E-state index contributed by atoms with van der Waals surface area (Å²) in [6.07, 6.45) is 2.98. The number of carboxylic acids is 2. The number of carbonyl (C=O) groups is 2. The van der Waals surface area contributed by atoms with Crippen molar-refractivity contribution in [2.24, 2.45) is 0 Å². The second-order valence-electron chi connectivity index (χ2n) is 4.57. The van der Waals surface area contributed by atoms with Gasteiger partial charge >= 0.3 is 11.9 Å². The molecule has 1 aromatic rings. The summed E-state index contributed by atoms with van der Waals surface area (Å²) in [5.74, 6) is -0.580. The molecule has 0 aromatic carbocycles. The van der Waals surface area contributed by atoms with E-state index in [-0.39, 0.29) is 19.6 Å². The van der Waals surface area contributed by atoms with E-state index in [1.165, 1.54) is 4.90 Å². The van der Waals surface area contributed by atoms with Crippen molar-refractivity contribution in [3.63, 3.8) is 0 Å². The normalized spacial score (nSPS) is 14.4. The van der Waals surface area contributed by atoms with Gasteiger partial charge in [-0.05, 0) is 12.8 Å². The van der Waals surface area contributed by atoms with Crippen LogP contribution in [0.15, 0.2) is 0 Å². The van der Waals surface area contributed by atoms with Gasteiger partial charge in [0.2, 0.25) is 0 Å². The fraction of sp³-hybridized carbons (Fsp3) is 0.636. The van der Waals surface area contributed by atoms with Gasteiger partial charge in [-0.3, -0.25) is 14.5 Å². The average Bonchev–Trinajstić information content (AvgIpc) is 2.71. The van der Waals surface area contributed by atoms with Crippen molar-refractivity contribution in [3.8, 4) is 0 Å². The molecule has 2 heterocycles. The van der Waals surface area contributed by atoms with Gasteiger partial charge in [0, 0.05) is 13.0 Å². The lowest BCUT2D eigenvalue weighted by molar-refractivity contribution is -0.142. The molecule has 104 valence electrons. The highest BCUT2D eigenvalue weighted by Gasteiger charge is 2.20. The first-order chi connectivity index (χ1) is 9.06. The van der Waals surface area contributed by atoms with Gasteiger partial charge in [-0.1, -0.05) is 0 Å². The molecule has 0 spiro atoms. The zero-order valence-electron chi connectivity index (χ0n) is 10.4. The molecule has 0 amide bonds. The third-order valence-corrected chi connectivity index (χ3v) is 3.02. The number of aliphatic carboxylic acids is 2. The van der Waals surface area contributed by atoms with Crippen molar-refractivity contribution in [3.05, 3.63) is 11.6 Å². The van der Waals surface area contributed by atoms with Crippen LogP contribution in [0.3, 0.4) is 0 Å². The number of rotatable bonds is 6. The van der Waals surface area contributed by atoms with E-state index in [9.17, 15) is 9.59 Å². The molecule has 0 atom stereocenters. The van der Waals surface area contributed by atoms with E-state index in [0.717, 1.165) is 31.6 Å². The van der Waals surface area contributed by atoms with Gasteiger partial charge in [-0.25, -0.2) is 0 Å².